The number of pyridine rings is 1. The third-order valence-electron chi connectivity index (χ3n) is 2.89. The van der Waals surface area contributed by atoms with Gasteiger partial charge in [-0.25, -0.2) is 4.98 Å². The van der Waals surface area contributed by atoms with Crippen LogP contribution in [-0.4, -0.2) is 16.9 Å². The zero-order valence-corrected chi connectivity index (χ0v) is 9.81. The Hall–Kier alpha value is -1.89. The van der Waals surface area contributed by atoms with Crippen LogP contribution in [0.5, 0.6) is 0 Å². The Morgan fingerprint density at radius 1 is 1.65 bits per heavy atom. The molecule has 0 saturated heterocycles. The van der Waals surface area contributed by atoms with Gasteiger partial charge in [0.2, 0.25) is 0 Å². The number of nitriles is 1. The Bertz CT molecular complexity index is 443. The molecule has 0 spiro atoms. The topological polar surface area (TPSA) is 65.8 Å². The first-order chi connectivity index (χ1) is 8.19. The molecule has 1 aliphatic rings. The third-order valence-corrected chi connectivity index (χ3v) is 2.89. The number of hydrogen-bond donors (Lipinski definition) is 1. The molecule has 0 radical (unpaired) electrons. The molecule has 0 bridgehead atoms. The van der Waals surface area contributed by atoms with E-state index in [0.29, 0.717) is 11.3 Å². The van der Waals surface area contributed by atoms with Gasteiger partial charge in [0.05, 0.1) is 5.56 Å². The SMILES string of the molecule is CC(CC1CC1)NC(=O)c1ccc(C#N)cn1. The van der Waals surface area contributed by atoms with E-state index in [1.165, 1.54) is 19.0 Å². The summed E-state index contributed by atoms with van der Waals surface area (Å²) >= 11 is 0. The summed E-state index contributed by atoms with van der Waals surface area (Å²) in [4.78, 5) is 15.8. The van der Waals surface area contributed by atoms with Gasteiger partial charge in [0.1, 0.15) is 11.8 Å². The highest BCUT2D eigenvalue weighted by Gasteiger charge is 2.24. The summed E-state index contributed by atoms with van der Waals surface area (Å²) in [5, 5.41) is 11.5. The highest BCUT2D eigenvalue weighted by molar-refractivity contribution is 5.92. The predicted molar refractivity (Wildman–Crippen MR) is 63.2 cm³/mol. The minimum absolute atomic E-state index is 0.164. The van der Waals surface area contributed by atoms with Crippen molar-refractivity contribution in [3.05, 3.63) is 29.6 Å². The lowest BCUT2D eigenvalue weighted by atomic mass is 10.1. The van der Waals surface area contributed by atoms with Crippen LogP contribution in [0, 0.1) is 17.2 Å². The van der Waals surface area contributed by atoms with Gasteiger partial charge in [0.15, 0.2) is 0 Å². The van der Waals surface area contributed by atoms with Crippen molar-refractivity contribution >= 4 is 5.91 Å². The maximum atomic E-state index is 11.8. The number of carbonyl (C=O) groups is 1. The molecule has 1 amide bonds. The van der Waals surface area contributed by atoms with Crippen molar-refractivity contribution in [1.29, 1.82) is 5.26 Å². The second-order valence-electron chi connectivity index (χ2n) is 4.60. The number of nitrogens with one attached hydrogen (secondary N) is 1. The lowest BCUT2D eigenvalue weighted by Gasteiger charge is -2.12. The lowest BCUT2D eigenvalue weighted by Crippen LogP contribution is -2.33. The quantitative estimate of drug-likeness (QED) is 0.857. The summed E-state index contributed by atoms with van der Waals surface area (Å²) in [7, 11) is 0. The molecule has 4 nitrogen and oxygen atoms in total. The van der Waals surface area contributed by atoms with Gasteiger partial charge in [-0.1, -0.05) is 12.8 Å². The van der Waals surface area contributed by atoms with Crippen molar-refractivity contribution in [3.8, 4) is 6.07 Å². The molecule has 1 saturated carbocycles. The third kappa shape index (κ3) is 3.28. The van der Waals surface area contributed by atoms with Crippen LogP contribution in [0.1, 0.15) is 42.2 Å². The molecule has 1 aromatic heterocycles. The largest absolute Gasteiger partial charge is 0.348 e. The molecule has 2 rings (SSSR count). The van der Waals surface area contributed by atoms with Crippen molar-refractivity contribution < 1.29 is 4.79 Å². The van der Waals surface area contributed by atoms with E-state index in [0.717, 1.165) is 12.3 Å². The number of aromatic nitrogens is 1. The predicted octanol–water partition coefficient (Wildman–Crippen LogP) is 1.87. The highest BCUT2D eigenvalue weighted by Crippen LogP contribution is 2.33. The molecule has 17 heavy (non-hydrogen) atoms. The Balaban J connectivity index is 1.91. The molecular weight excluding hydrogens is 214 g/mol. The van der Waals surface area contributed by atoms with Crippen LogP contribution >= 0.6 is 0 Å². The van der Waals surface area contributed by atoms with Crippen LogP contribution in [-0.2, 0) is 0 Å². The van der Waals surface area contributed by atoms with E-state index in [4.69, 9.17) is 5.26 Å². The molecule has 88 valence electrons. The Kier molecular flexibility index (Phi) is 3.38. The van der Waals surface area contributed by atoms with E-state index in [1.807, 2.05) is 13.0 Å². The molecule has 1 atom stereocenters. The zero-order chi connectivity index (χ0) is 12.3. The summed E-state index contributed by atoms with van der Waals surface area (Å²) in [5.41, 5.74) is 0.833. The standard InChI is InChI=1S/C13H15N3O/c1-9(6-10-2-3-10)16-13(17)12-5-4-11(7-14)8-15-12/h4-5,8-10H,2-3,6H2,1H3,(H,16,17). The average Bonchev–Trinajstić information content (AvgIpc) is 3.12. The van der Waals surface area contributed by atoms with Gasteiger partial charge in [-0.05, 0) is 31.4 Å². The summed E-state index contributed by atoms with van der Waals surface area (Å²) < 4.78 is 0. The number of hydrogen-bond acceptors (Lipinski definition) is 3. The molecule has 1 unspecified atom stereocenters. The number of nitrogens with zero attached hydrogens (tertiary/aromatic N) is 2. The molecule has 0 aromatic carbocycles. The number of rotatable bonds is 4. The van der Waals surface area contributed by atoms with Gasteiger partial charge in [-0.15, -0.1) is 0 Å². The van der Waals surface area contributed by atoms with Crippen molar-refractivity contribution in [2.45, 2.75) is 32.2 Å². The monoisotopic (exact) mass is 229 g/mol. The van der Waals surface area contributed by atoms with Crippen LogP contribution in [0.15, 0.2) is 18.3 Å². The fourth-order valence-electron chi connectivity index (χ4n) is 1.80. The first-order valence-electron chi connectivity index (χ1n) is 5.86. The maximum Gasteiger partial charge on any atom is 0.270 e. The second kappa shape index (κ2) is 4.96. The summed E-state index contributed by atoms with van der Waals surface area (Å²) in [6, 6.07) is 5.35. The van der Waals surface area contributed by atoms with Gasteiger partial charge < -0.3 is 5.32 Å². The van der Waals surface area contributed by atoms with Gasteiger partial charge in [-0.2, -0.15) is 5.26 Å². The highest BCUT2D eigenvalue weighted by atomic mass is 16.1. The molecule has 4 heteroatoms. The van der Waals surface area contributed by atoms with Crippen molar-refractivity contribution in [2.75, 3.05) is 0 Å². The lowest BCUT2D eigenvalue weighted by molar-refractivity contribution is 0.0932. The molecule has 1 aliphatic carbocycles. The molecule has 0 aliphatic heterocycles. The van der Waals surface area contributed by atoms with Gasteiger partial charge >= 0.3 is 0 Å². The van der Waals surface area contributed by atoms with Crippen LogP contribution < -0.4 is 5.32 Å². The van der Waals surface area contributed by atoms with E-state index >= 15 is 0 Å². The van der Waals surface area contributed by atoms with Crippen LogP contribution in [0.25, 0.3) is 0 Å². The number of carbonyl (C=O) groups excluding carboxylic acids is 1. The van der Waals surface area contributed by atoms with Gasteiger partial charge in [-0.3, -0.25) is 4.79 Å². The van der Waals surface area contributed by atoms with Crippen molar-refractivity contribution in [1.82, 2.24) is 10.3 Å². The molecule has 1 heterocycles. The Morgan fingerprint density at radius 3 is 2.94 bits per heavy atom. The fraction of sp³-hybridized carbons (Fsp3) is 0.462. The van der Waals surface area contributed by atoms with Gasteiger partial charge in [0, 0.05) is 12.2 Å². The Morgan fingerprint density at radius 2 is 2.41 bits per heavy atom. The first-order valence-corrected chi connectivity index (χ1v) is 5.86. The van der Waals surface area contributed by atoms with Crippen molar-refractivity contribution in [3.63, 3.8) is 0 Å². The zero-order valence-electron chi connectivity index (χ0n) is 9.81. The van der Waals surface area contributed by atoms with Crippen LogP contribution in [0.4, 0.5) is 0 Å². The maximum absolute atomic E-state index is 11.8. The smallest absolute Gasteiger partial charge is 0.270 e. The normalized spacial score (nSPS) is 16.0. The van der Waals surface area contributed by atoms with Gasteiger partial charge in [0.25, 0.3) is 5.91 Å². The van der Waals surface area contributed by atoms with Crippen LogP contribution in [0.2, 0.25) is 0 Å². The summed E-state index contributed by atoms with van der Waals surface area (Å²) in [6.07, 6.45) is 5.03. The minimum Gasteiger partial charge on any atom is -0.348 e. The second-order valence-corrected chi connectivity index (χ2v) is 4.60. The summed E-state index contributed by atoms with van der Waals surface area (Å²) in [5.74, 6) is 0.627. The first kappa shape index (κ1) is 11.6. The van der Waals surface area contributed by atoms with E-state index in [9.17, 15) is 4.79 Å². The van der Waals surface area contributed by atoms with Crippen LogP contribution in [0.3, 0.4) is 0 Å². The summed E-state index contributed by atoms with van der Waals surface area (Å²) in [6.45, 7) is 2.01. The molecule has 1 fully saturated rings. The molecule has 1 aromatic rings. The van der Waals surface area contributed by atoms with Crippen molar-refractivity contribution in [2.24, 2.45) is 5.92 Å². The number of amides is 1. The van der Waals surface area contributed by atoms with E-state index in [1.54, 1.807) is 12.1 Å². The molecule has 1 N–H and O–H groups in total. The molecular formula is C13H15N3O. The van der Waals surface area contributed by atoms with E-state index in [2.05, 4.69) is 10.3 Å². The Labute approximate surface area is 101 Å². The average molecular weight is 229 g/mol. The fourth-order valence-corrected chi connectivity index (χ4v) is 1.80. The van der Waals surface area contributed by atoms with E-state index in [-0.39, 0.29) is 11.9 Å². The van der Waals surface area contributed by atoms with E-state index < -0.39 is 0 Å². The minimum atomic E-state index is -0.164.